The van der Waals surface area contributed by atoms with E-state index in [0.717, 1.165) is 0 Å². The third kappa shape index (κ3) is 2.63. The minimum absolute atomic E-state index is 0.348. The molecule has 1 rings (SSSR count). The van der Waals surface area contributed by atoms with Crippen molar-refractivity contribution in [3.8, 4) is 0 Å². The van der Waals surface area contributed by atoms with E-state index in [1.807, 2.05) is 19.6 Å². The van der Waals surface area contributed by atoms with Gasteiger partial charge in [0.1, 0.15) is 0 Å². The summed E-state index contributed by atoms with van der Waals surface area (Å²) in [6.45, 7) is 5.98. The number of hydrogen-bond donors (Lipinski definition) is 0. The molecule has 15 heavy (non-hydrogen) atoms. The lowest BCUT2D eigenvalue weighted by atomic mass is 10.3. The van der Waals surface area contributed by atoms with E-state index >= 15 is 0 Å². The molecule has 5 heteroatoms. The van der Waals surface area contributed by atoms with E-state index in [1.165, 1.54) is 11.8 Å². The summed E-state index contributed by atoms with van der Waals surface area (Å²) in [7, 11) is -1.86. The van der Waals surface area contributed by atoms with Crippen LogP contribution in [0.25, 0.3) is 0 Å². The molecule has 0 radical (unpaired) electrons. The maximum atomic E-state index is 13.8. The highest BCUT2D eigenvalue weighted by molar-refractivity contribution is 9.10. The zero-order valence-corrected chi connectivity index (χ0v) is 12.5. The standard InChI is InChI=1S/C10H13BrF2SSi/c1-14-7-5-6(11)10(15(2,3)4)9(13)8(7)12/h5H,1-4H3. The van der Waals surface area contributed by atoms with Gasteiger partial charge < -0.3 is 0 Å². The Balaban J connectivity index is 3.50. The van der Waals surface area contributed by atoms with Crippen LogP contribution in [0, 0.1) is 11.6 Å². The Morgan fingerprint density at radius 3 is 2.13 bits per heavy atom. The Kier molecular flexibility index (Phi) is 4.00. The van der Waals surface area contributed by atoms with Crippen molar-refractivity contribution in [2.24, 2.45) is 0 Å². The summed E-state index contributed by atoms with van der Waals surface area (Å²) in [5.41, 5.74) is 0. The van der Waals surface area contributed by atoms with Crippen molar-refractivity contribution in [2.75, 3.05) is 6.26 Å². The van der Waals surface area contributed by atoms with Gasteiger partial charge in [0.25, 0.3) is 0 Å². The second-order valence-corrected chi connectivity index (χ2v) is 11.0. The minimum Gasteiger partial charge on any atom is -0.204 e. The van der Waals surface area contributed by atoms with Gasteiger partial charge in [0.15, 0.2) is 11.6 Å². The first-order valence-electron chi connectivity index (χ1n) is 4.51. The molecule has 0 saturated carbocycles. The van der Waals surface area contributed by atoms with Crippen molar-refractivity contribution in [1.29, 1.82) is 0 Å². The Morgan fingerprint density at radius 2 is 1.73 bits per heavy atom. The van der Waals surface area contributed by atoms with E-state index in [0.29, 0.717) is 14.6 Å². The second-order valence-electron chi connectivity index (χ2n) is 4.31. The van der Waals surface area contributed by atoms with E-state index in [9.17, 15) is 8.78 Å². The lowest BCUT2D eigenvalue weighted by molar-refractivity contribution is 0.496. The van der Waals surface area contributed by atoms with Gasteiger partial charge in [0, 0.05) is 9.37 Å². The van der Waals surface area contributed by atoms with E-state index in [2.05, 4.69) is 15.9 Å². The van der Waals surface area contributed by atoms with Crippen LogP contribution in [0.15, 0.2) is 15.4 Å². The summed E-state index contributed by atoms with van der Waals surface area (Å²) in [6.07, 6.45) is 1.73. The van der Waals surface area contributed by atoms with Gasteiger partial charge in [0.05, 0.1) is 8.07 Å². The van der Waals surface area contributed by atoms with Crippen molar-refractivity contribution < 1.29 is 8.78 Å². The summed E-state index contributed by atoms with van der Waals surface area (Å²) in [5, 5.41) is 0.526. The fourth-order valence-electron chi connectivity index (χ4n) is 1.41. The average molecular weight is 311 g/mol. The average Bonchev–Trinajstić information content (AvgIpc) is 2.09. The largest absolute Gasteiger partial charge is 0.204 e. The lowest BCUT2D eigenvalue weighted by Gasteiger charge is -2.20. The Morgan fingerprint density at radius 1 is 1.20 bits per heavy atom. The molecular weight excluding hydrogens is 298 g/mol. The number of hydrogen-bond acceptors (Lipinski definition) is 1. The zero-order valence-electron chi connectivity index (χ0n) is 9.12. The smallest absolute Gasteiger partial charge is 0.172 e. The van der Waals surface area contributed by atoms with Gasteiger partial charge in [-0.2, -0.15) is 0 Å². The molecule has 0 amide bonds. The predicted molar refractivity (Wildman–Crippen MR) is 68.8 cm³/mol. The fourth-order valence-corrected chi connectivity index (χ4v) is 5.81. The van der Waals surface area contributed by atoms with Gasteiger partial charge in [-0.1, -0.05) is 35.6 Å². The van der Waals surface area contributed by atoms with Crippen molar-refractivity contribution in [2.45, 2.75) is 24.5 Å². The first kappa shape index (κ1) is 13.2. The van der Waals surface area contributed by atoms with Crippen LogP contribution in [0.5, 0.6) is 0 Å². The van der Waals surface area contributed by atoms with Gasteiger partial charge in [-0.3, -0.25) is 0 Å². The van der Waals surface area contributed by atoms with E-state index in [1.54, 1.807) is 12.3 Å². The van der Waals surface area contributed by atoms with E-state index < -0.39 is 19.7 Å². The monoisotopic (exact) mass is 310 g/mol. The molecule has 0 fully saturated rings. The van der Waals surface area contributed by atoms with Gasteiger partial charge in [-0.25, -0.2) is 8.78 Å². The molecule has 0 aliphatic carbocycles. The highest BCUT2D eigenvalue weighted by Crippen LogP contribution is 2.26. The molecule has 0 heterocycles. The van der Waals surface area contributed by atoms with Gasteiger partial charge in [-0.15, -0.1) is 11.8 Å². The maximum absolute atomic E-state index is 13.8. The van der Waals surface area contributed by atoms with Crippen LogP contribution in [0.1, 0.15) is 0 Å². The molecule has 0 nitrogen and oxygen atoms in total. The molecule has 0 aromatic heterocycles. The molecular formula is C10H13BrF2SSi. The molecule has 0 saturated heterocycles. The molecule has 0 atom stereocenters. The quantitative estimate of drug-likeness (QED) is 0.452. The normalized spacial score (nSPS) is 11.9. The first-order chi connectivity index (χ1) is 6.79. The molecule has 0 aliphatic rings. The summed E-state index contributed by atoms with van der Waals surface area (Å²) in [4.78, 5) is 0.348. The fraction of sp³-hybridized carbons (Fsp3) is 0.400. The highest BCUT2D eigenvalue weighted by Gasteiger charge is 2.27. The highest BCUT2D eigenvalue weighted by atomic mass is 79.9. The summed E-state index contributed by atoms with van der Waals surface area (Å²) in [6, 6.07) is 1.66. The van der Waals surface area contributed by atoms with Gasteiger partial charge in [0.2, 0.25) is 0 Å². The van der Waals surface area contributed by atoms with Crippen LogP contribution in [-0.4, -0.2) is 14.3 Å². The zero-order chi connectivity index (χ0) is 11.8. The maximum Gasteiger partial charge on any atom is 0.172 e. The van der Waals surface area contributed by atoms with Crippen LogP contribution in [0.2, 0.25) is 19.6 Å². The van der Waals surface area contributed by atoms with Crippen LogP contribution in [-0.2, 0) is 0 Å². The van der Waals surface area contributed by atoms with Crippen LogP contribution in [0.4, 0.5) is 8.78 Å². The van der Waals surface area contributed by atoms with Crippen molar-refractivity contribution in [3.05, 3.63) is 22.2 Å². The number of benzene rings is 1. The van der Waals surface area contributed by atoms with E-state index in [-0.39, 0.29) is 0 Å². The molecule has 1 aromatic rings. The molecule has 0 bridgehead atoms. The lowest BCUT2D eigenvalue weighted by Crippen LogP contribution is -2.41. The third-order valence-electron chi connectivity index (χ3n) is 2.10. The number of halogens is 3. The van der Waals surface area contributed by atoms with Gasteiger partial charge >= 0.3 is 0 Å². The number of thioether (sulfide) groups is 1. The topological polar surface area (TPSA) is 0 Å². The molecule has 0 N–H and O–H groups in total. The third-order valence-corrected chi connectivity index (χ3v) is 5.81. The molecule has 0 aliphatic heterocycles. The molecule has 1 aromatic carbocycles. The molecule has 0 unspecified atom stereocenters. The summed E-state index contributed by atoms with van der Waals surface area (Å²) >= 11 is 4.54. The van der Waals surface area contributed by atoms with E-state index in [4.69, 9.17) is 0 Å². The van der Waals surface area contributed by atoms with Crippen LogP contribution >= 0.6 is 27.7 Å². The van der Waals surface area contributed by atoms with Crippen molar-refractivity contribution >= 4 is 41.0 Å². The van der Waals surface area contributed by atoms with Crippen molar-refractivity contribution in [1.82, 2.24) is 0 Å². The first-order valence-corrected chi connectivity index (χ1v) is 10.0. The SMILES string of the molecule is CSc1cc(Br)c([Si](C)(C)C)c(F)c1F. The summed E-state index contributed by atoms with van der Waals surface area (Å²) < 4.78 is 28.1. The van der Waals surface area contributed by atoms with Crippen molar-refractivity contribution in [3.63, 3.8) is 0 Å². The Labute approximate surface area is 103 Å². The second kappa shape index (κ2) is 4.55. The minimum atomic E-state index is -1.86. The number of rotatable bonds is 2. The summed E-state index contributed by atoms with van der Waals surface area (Å²) in [5.74, 6) is -1.41. The van der Waals surface area contributed by atoms with Crippen LogP contribution < -0.4 is 5.19 Å². The Hall–Kier alpha value is 0.127. The Bertz CT molecular complexity index is 388. The molecule has 0 spiro atoms. The van der Waals surface area contributed by atoms with Gasteiger partial charge in [-0.05, 0) is 17.5 Å². The predicted octanol–water partition coefficient (Wildman–Crippen LogP) is 3.99. The molecule has 84 valence electrons. The van der Waals surface area contributed by atoms with Crippen LogP contribution in [0.3, 0.4) is 0 Å².